The zero-order chi connectivity index (χ0) is 13.9. The predicted molar refractivity (Wildman–Crippen MR) is 81.3 cm³/mol. The number of anilines is 2. The molecule has 2 aromatic rings. The third kappa shape index (κ3) is 2.80. The van der Waals surface area contributed by atoms with Gasteiger partial charge in [0.15, 0.2) is 0 Å². The Morgan fingerprint density at radius 2 is 2.20 bits per heavy atom. The lowest BCUT2D eigenvalue weighted by molar-refractivity contribution is 0.225. The van der Waals surface area contributed by atoms with Crippen LogP contribution in [0.5, 0.6) is 5.75 Å². The number of nitrogen functional groups attached to an aromatic ring is 1. The average molecular weight is 290 g/mol. The number of nitrogens with two attached hydrogens (primary N) is 1. The molecule has 1 aromatic heterocycles. The molecule has 1 fully saturated rings. The maximum absolute atomic E-state index is 6.13. The molecule has 20 heavy (non-hydrogen) atoms. The van der Waals surface area contributed by atoms with Crippen molar-refractivity contribution >= 4 is 23.1 Å². The number of hydrogen-bond acceptors (Lipinski definition) is 4. The van der Waals surface area contributed by atoms with Crippen molar-refractivity contribution in [2.75, 3.05) is 23.7 Å². The summed E-state index contributed by atoms with van der Waals surface area (Å²) in [7, 11) is 0. The highest BCUT2D eigenvalue weighted by Crippen LogP contribution is 2.29. The maximum Gasteiger partial charge on any atom is 0.138 e. The van der Waals surface area contributed by atoms with Gasteiger partial charge in [-0.2, -0.15) is 0 Å². The number of nitrogens with zero attached hydrogens (tertiary/aromatic N) is 2. The van der Waals surface area contributed by atoms with E-state index in [9.17, 15) is 0 Å². The molecule has 0 saturated carbocycles. The summed E-state index contributed by atoms with van der Waals surface area (Å²) in [6, 6.07) is 11.3. The Labute approximate surface area is 123 Å². The molecule has 1 atom stereocenters. The Kier molecular flexibility index (Phi) is 3.65. The Bertz CT molecular complexity index is 591. The van der Waals surface area contributed by atoms with Gasteiger partial charge in [0.1, 0.15) is 17.7 Å². The summed E-state index contributed by atoms with van der Waals surface area (Å²) < 4.78 is 5.96. The minimum absolute atomic E-state index is 0.123. The van der Waals surface area contributed by atoms with E-state index in [1.165, 1.54) is 0 Å². The van der Waals surface area contributed by atoms with E-state index in [-0.39, 0.29) is 6.10 Å². The lowest BCUT2D eigenvalue weighted by Crippen LogP contribution is -2.25. The van der Waals surface area contributed by atoms with Crippen molar-refractivity contribution < 1.29 is 4.74 Å². The first kappa shape index (κ1) is 13.1. The first-order valence-corrected chi connectivity index (χ1v) is 6.98. The molecule has 2 N–H and O–H groups in total. The van der Waals surface area contributed by atoms with E-state index in [2.05, 4.69) is 9.88 Å². The van der Waals surface area contributed by atoms with Crippen LogP contribution in [0.15, 0.2) is 42.6 Å². The summed E-state index contributed by atoms with van der Waals surface area (Å²) in [6.45, 7) is 1.76. The number of hydrogen-bond donors (Lipinski definition) is 1. The fraction of sp³-hybridized carbons (Fsp3) is 0.267. The minimum atomic E-state index is 0.123. The molecular weight excluding hydrogens is 274 g/mol. The van der Waals surface area contributed by atoms with Crippen LogP contribution in [0.4, 0.5) is 11.5 Å². The lowest BCUT2D eigenvalue weighted by atomic mass is 10.3. The number of rotatable bonds is 3. The van der Waals surface area contributed by atoms with E-state index < -0.39 is 0 Å². The lowest BCUT2D eigenvalue weighted by Gasteiger charge is -2.18. The highest BCUT2D eigenvalue weighted by atomic mass is 35.5. The van der Waals surface area contributed by atoms with Crippen LogP contribution in [0.3, 0.4) is 0 Å². The second kappa shape index (κ2) is 5.59. The van der Waals surface area contributed by atoms with Gasteiger partial charge in [0, 0.05) is 24.8 Å². The monoisotopic (exact) mass is 289 g/mol. The normalized spacial score (nSPS) is 18.2. The Morgan fingerprint density at radius 1 is 1.30 bits per heavy atom. The van der Waals surface area contributed by atoms with Crippen LogP contribution < -0.4 is 15.4 Å². The van der Waals surface area contributed by atoms with Gasteiger partial charge in [-0.3, -0.25) is 0 Å². The van der Waals surface area contributed by atoms with Gasteiger partial charge in [-0.15, -0.1) is 0 Å². The number of pyridine rings is 1. The molecule has 1 aliphatic rings. The van der Waals surface area contributed by atoms with Crippen LogP contribution >= 0.6 is 11.6 Å². The highest BCUT2D eigenvalue weighted by Gasteiger charge is 2.25. The average Bonchev–Trinajstić information content (AvgIpc) is 2.92. The molecule has 5 heteroatoms. The van der Waals surface area contributed by atoms with Crippen LogP contribution in [-0.4, -0.2) is 24.2 Å². The van der Waals surface area contributed by atoms with E-state index in [4.69, 9.17) is 22.1 Å². The molecule has 0 spiro atoms. The van der Waals surface area contributed by atoms with Crippen molar-refractivity contribution in [3.63, 3.8) is 0 Å². The third-order valence-electron chi connectivity index (χ3n) is 3.37. The second-order valence-electron chi connectivity index (χ2n) is 4.85. The summed E-state index contributed by atoms with van der Waals surface area (Å²) in [4.78, 5) is 6.58. The molecule has 0 unspecified atom stereocenters. The molecule has 0 amide bonds. The van der Waals surface area contributed by atoms with Gasteiger partial charge in [-0.05, 0) is 30.3 Å². The number of aromatic nitrogens is 1. The summed E-state index contributed by atoms with van der Waals surface area (Å²) in [5.74, 6) is 1.68. The van der Waals surface area contributed by atoms with Crippen molar-refractivity contribution in [3.8, 4) is 5.75 Å². The third-order valence-corrected chi connectivity index (χ3v) is 3.66. The van der Waals surface area contributed by atoms with Gasteiger partial charge in [-0.25, -0.2) is 4.98 Å². The number of halogens is 1. The van der Waals surface area contributed by atoms with Crippen LogP contribution in [0.2, 0.25) is 5.02 Å². The van der Waals surface area contributed by atoms with Crippen LogP contribution in [0.25, 0.3) is 0 Å². The topological polar surface area (TPSA) is 51.4 Å². The van der Waals surface area contributed by atoms with Gasteiger partial charge in [-0.1, -0.05) is 17.7 Å². The van der Waals surface area contributed by atoms with Crippen LogP contribution in [0.1, 0.15) is 6.42 Å². The van der Waals surface area contributed by atoms with Gasteiger partial charge < -0.3 is 15.4 Å². The zero-order valence-electron chi connectivity index (χ0n) is 11.0. The SMILES string of the molecule is Nc1ccc(O[C@H]2CCN(c3ccccn3)C2)c(Cl)c1. The van der Waals surface area contributed by atoms with Crippen molar-refractivity contribution in [2.45, 2.75) is 12.5 Å². The zero-order valence-corrected chi connectivity index (χ0v) is 11.8. The van der Waals surface area contributed by atoms with Gasteiger partial charge >= 0.3 is 0 Å². The van der Waals surface area contributed by atoms with Crippen molar-refractivity contribution in [1.29, 1.82) is 0 Å². The Hall–Kier alpha value is -1.94. The fourth-order valence-corrected chi connectivity index (χ4v) is 2.60. The van der Waals surface area contributed by atoms with Crippen LogP contribution in [0, 0.1) is 0 Å². The number of benzene rings is 1. The van der Waals surface area contributed by atoms with E-state index in [0.717, 1.165) is 25.3 Å². The highest BCUT2D eigenvalue weighted by molar-refractivity contribution is 6.32. The molecule has 0 bridgehead atoms. The number of ether oxygens (including phenoxy) is 1. The summed E-state index contributed by atoms with van der Waals surface area (Å²) >= 11 is 6.13. The first-order valence-electron chi connectivity index (χ1n) is 6.60. The van der Waals surface area contributed by atoms with Gasteiger partial charge in [0.25, 0.3) is 0 Å². The maximum atomic E-state index is 6.13. The Morgan fingerprint density at radius 3 is 2.95 bits per heavy atom. The van der Waals surface area contributed by atoms with E-state index >= 15 is 0 Å². The van der Waals surface area contributed by atoms with Gasteiger partial charge in [0.05, 0.1) is 11.6 Å². The first-order chi connectivity index (χ1) is 9.72. The van der Waals surface area contributed by atoms with Gasteiger partial charge in [0.2, 0.25) is 0 Å². The van der Waals surface area contributed by atoms with Crippen molar-refractivity contribution in [2.24, 2.45) is 0 Å². The van der Waals surface area contributed by atoms with E-state index in [1.807, 2.05) is 24.3 Å². The molecule has 4 nitrogen and oxygen atoms in total. The van der Waals surface area contributed by atoms with Crippen molar-refractivity contribution in [1.82, 2.24) is 4.98 Å². The molecule has 1 aliphatic heterocycles. The van der Waals surface area contributed by atoms with E-state index in [0.29, 0.717) is 16.5 Å². The van der Waals surface area contributed by atoms with E-state index in [1.54, 1.807) is 18.3 Å². The summed E-state index contributed by atoms with van der Waals surface area (Å²) in [5, 5.41) is 0.557. The quantitative estimate of drug-likeness (QED) is 0.883. The molecule has 1 saturated heterocycles. The molecule has 0 aliphatic carbocycles. The smallest absolute Gasteiger partial charge is 0.138 e. The molecule has 1 aromatic carbocycles. The predicted octanol–water partition coefficient (Wildman–Crippen LogP) is 2.97. The molecule has 104 valence electrons. The van der Waals surface area contributed by atoms with Crippen molar-refractivity contribution in [3.05, 3.63) is 47.6 Å². The minimum Gasteiger partial charge on any atom is -0.487 e. The standard InChI is InChI=1S/C15H16ClN3O/c16-13-9-11(17)4-5-14(13)20-12-6-8-19(10-12)15-3-1-2-7-18-15/h1-5,7,9,12H,6,8,10,17H2/t12-/m0/s1. The Balaban J connectivity index is 1.66. The molecule has 3 rings (SSSR count). The molecule has 0 radical (unpaired) electrons. The largest absolute Gasteiger partial charge is 0.487 e. The summed E-state index contributed by atoms with van der Waals surface area (Å²) in [5.41, 5.74) is 6.32. The second-order valence-corrected chi connectivity index (χ2v) is 5.26. The molecular formula is C15H16ClN3O. The summed E-state index contributed by atoms with van der Waals surface area (Å²) in [6.07, 6.45) is 2.88. The molecule has 2 heterocycles. The van der Waals surface area contributed by atoms with Crippen LogP contribution in [-0.2, 0) is 0 Å². The fourth-order valence-electron chi connectivity index (χ4n) is 2.37.